The van der Waals surface area contributed by atoms with E-state index in [0.717, 1.165) is 11.3 Å². The highest BCUT2D eigenvalue weighted by molar-refractivity contribution is 7.99. The zero-order chi connectivity index (χ0) is 22.2. The van der Waals surface area contributed by atoms with Gasteiger partial charge in [-0.1, -0.05) is 36.0 Å². The van der Waals surface area contributed by atoms with Gasteiger partial charge in [0.1, 0.15) is 11.5 Å². The molecular weight excluding hydrogens is 424 g/mol. The highest BCUT2D eigenvalue weighted by Gasteiger charge is 2.29. The van der Waals surface area contributed by atoms with Crippen molar-refractivity contribution in [1.82, 2.24) is 19.3 Å². The average Bonchev–Trinajstić information content (AvgIpc) is 3.39. The highest BCUT2D eigenvalue weighted by atomic mass is 32.2. The number of amides is 1. The molecule has 9 heteroatoms. The second-order valence-corrected chi connectivity index (χ2v) is 8.56. The molecule has 0 radical (unpaired) electrons. The smallest absolute Gasteiger partial charge is 0.265 e. The maximum absolute atomic E-state index is 13.3. The number of nitrogens with one attached hydrogen (secondary N) is 1. The Morgan fingerprint density at radius 3 is 2.94 bits per heavy atom. The van der Waals surface area contributed by atoms with E-state index in [2.05, 4.69) is 16.5 Å². The minimum Gasteiger partial charge on any atom is -0.325 e. The fraction of sp³-hybridized carbons (Fsp3) is 0.174. The van der Waals surface area contributed by atoms with Gasteiger partial charge in [-0.25, -0.2) is 9.67 Å². The van der Waals surface area contributed by atoms with Gasteiger partial charge in [-0.2, -0.15) is 10.4 Å². The molecule has 0 fully saturated rings. The van der Waals surface area contributed by atoms with Gasteiger partial charge in [-0.3, -0.25) is 14.2 Å². The van der Waals surface area contributed by atoms with E-state index in [4.69, 9.17) is 4.98 Å². The van der Waals surface area contributed by atoms with Gasteiger partial charge in [0.15, 0.2) is 10.8 Å². The number of thioether (sulfide) groups is 1. The van der Waals surface area contributed by atoms with Gasteiger partial charge in [0, 0.05) is 12.2 Å². The van der Waals surface area contributed by atoms with E-state index >= 15 is 0 Å². The third kappa shape index (κ3) is 3.44. The van der Waals surface area contributed by atoms with Crippen LogP contribution in [0.15, 0.2) is 64.7 Å². The molecule has 1 N–H and O–H groups in total. The molecule has 1 aliphatic rings. The minimum absolute atomic E-state index is 0.110. The number of carbonyl (C=O) groups excluding carboxylic acids is 1. The number of benzene rings is 2. The summed E-state index contributed by atoms with van der Waals surface area (Å²) in [5, 5.41) is 17.4. The third-order valence-electron chi connectivity index (χ3n) is 5.36. The lowest BCUT2D eigenvalue weighted by atomic mass is 10.1. The van der Waals surface area contributed by atoms with Crippen LogP contribution in [0, 0.1) is 18.3 Å². The summed E-state index contributed by atoms with van der Waals surface area (Å²) in [6.07, 6.45) is 1.64. The van der Waals surface area contributed by atoms with Gasteiger partial charge < -0.3 is 5.32 Å². The zero-order valence-electron chi connectivity index (χ0n) is 17.1. The van der Waals surface area contributed by atoms with Crippen molar-refractivity contribution in [2.24, 2.45) is 0 Å². The van der Waals surface area contributed by atoms with E-state index in [1.807, 2.05) is 31.2 Å². The Balaban J connectivity index is 1.45. The number of carbonyl (C=O) groups is 1. The number of fused-ring (bicyclic) bond motifs is 2. The maximum atomic E-state index is 13.3. The standard InChI is InChI=1S/C23H18N6O2S/c1-14-5-4-7-16(9-14)29-21-18(12-25-29)22(31)28-17(13-32-23(28)27-21)10-20(30)26-19-8-3-2-6-15(19)11-24/h2-9,12,17H,10,13H2,1H3,(H,26,30). The second-order valence-electron chi connectivity index (χ2n) is 7.58. The minimum atomic E-state index is -0.323. The third-order valence-corrected chi connectivity index (χ3v) is 6.46. The van der Waals surface area contributed by atoms with Crippen LogP contribution in [0.5, 0.6) is 0 Å². The first-order chi connectivity index (χ1) is 15.5. The Morgan fingerprint density at radius 1 is 1.28 bits per heavy atom. The van der Waals surface area contributed by atoms with E-state index in [1.165, 1.54) is 18.0 Å². The monoisotopic (exact) mass is 442 g/mol. The number of para-hydroxylation sites is 1. The van der Waals surface area contributed by atoms with Crippen LogP contribution < -0.4 is 10.9 Å². The van der Waals surface area contributed by atoms with Gasteiger partial charge in [-0.15, -0.1) is 0 Å². The Kier molecular flexibility index (Phi) is 4.99. The molecule has 0 saturated carbocycles. The Hall–Kier alpha value is -3.90. The first-order valence-corrected chi connectivity index (χ1v) is 11.0. The van der Waals surface area contributed by atoms with Crippen molar-refractivity contribution in [3.8, 4) is 11.8 Å². The molecule has 2 aromatic heterocycles. The topological polar surface area (TPSA) is 106 Å². The summed E-state index contributed by atoms with van der Waals surface area (Å²) in [4.78, 5) is 30.6. The van der Waals surface area contributed by atoms with Crippen LogP contribution in [0.25, 0.3) is 16.7 Å². The van der Waals surface area contributed by atoms with Gasteiger partial charge in [0.05, 0.1) is 29.2 Å². The van der Waals surface area contributed by atoms with Crippen LogP contribution in [-0.4, -0.2) is 31.0 Å². The summed E-state index contributed by atoms with van der Waals surface area (Å²) in [5.41, 5.74) is 3.09. The molecule has 158 valence electrons. The summed E-state index contributed by atoms with van der Waals surface area (Å²) < 4.78 is 3.26. The summed E-state index contributed by atoms with van der Waals surface area (Å²) >= 11 is 1.45. The predicted molar refractivity (Wildman–Crippen MR) is 122 cm³/mol. The number of nitriles is 1. The lowest BCUT2D eigenvalue weighted by molar-refractivity contribution is -0.116. The van der Waals surface area contributed by atoms with E-state index in [0.29, 0.717) is 33.2 Å². The molecule has 3 heterocycles. The van der Waals surface area contributed by atoms with E-state index < -0.39 is 0 Å². The number of nitrogens with zero attached hydrogens (tertiary/aromatic N) is 5. The number of hydrogen-bond donors (Lipinski definition) is 1. The SMILES string of the molecule is Cc1cccc(-n2ncc3c(=O)n4c(nc32)SCC4CC(=O)Nc2ccccc2C#N)c1. The second kappa shape index (κ2) is 7.98. The van der Waals surface area contributed by atoms with Crippen molar-refractivity contribution in [3.63, 3.8) is 0 Å². The zero-order valence-corrected chi connectivity index (χ0v) is 18.0. The largest absolute Gasteiger partial charge is 0.325 e. The molecule has 1 amide bonds. The molecule has 32 heavy (non-hydrogen) atoms. The van der Waals surface area contributed by atoms with E-state index in [9.17, 15) is 14.9 Å². The van der Waals surface area contributed by atoms with Crippen molar-refractivity contribution >= 4 is 34.4 Å². The number of aromatic nitrogens is 4. The molecule has 2 aromatic carbocycles. The summed E-state index contributed by atoms with van der Waals surface area (Å²) in [6.45, 7) is 2.00. The highest BCUT2D eigenvalue weighted by Crippen LogP contribution is 2.33. The van der Waals surface area contributed by atoms with Crippen LogP contribution in [0.1, 0.15) is 23.6 Å². The quantitative estimate of drug-likeness (QED) is 0.486. The molecule has 0 aliphatic carbocycles. The van der Waals surface area contributed by atoms with Crippen molar-refractivity contribution in [2.45, 2.75) is 24.5 Å². The van der Waals surface area contributed by atoms with Crippen LogP contribution in [-0.2, 0) is 4.79 Å². The van der Waals surface area contributed by atoms with Gasteiger partial charge >= 0.3 is 0 Å². The summed E-state index contributed by atoms with van der Waals surface area (Å²) in [5.74, 6) is 0.314. The van der Waals surface area contributed by atoms with Crippen LogP contribution in [0.4, 0.5) is 5.69 Å². The average molecular weight is 443 g/mol. The van der Waals surface area contributed by atoms with Crippen molar-refractivity contribution in [3.05, 3.63) is 76.2 Å². The first-order valence-electron chi connectivity index (χ1n) is 10.0. The fourth-order valence-electron chi connectivity index (χ4n) is 3.83. The number of rotatable bonds is 4. The van der Waals surface area contributed by atoms with Gasteiger partial charge in [-0.05, 0) is 36.8 Å². The van der Waals surface area contributed by atoms with E-state index in [1.54, 1.807) is 33.5 Å². The lowest BCUT2D eigenvalue weighted by Gasteiger charge is -2.14. The first kappa shape index (κ1) is 20.0. The van der Waals surface area contributed by atoms with Crippen LogP contribution >= 0.6 is 11.8 Å². The molecule has 0 saturated heterocycles. The summed E-state index contributed by atoms with van der Waals surface area (Å²) in [6, 6.07) is 16.4. The molecule has 8 nitrogen and oxygen atoms in total. The molecule has 5 rings (SSSR count). The Morgan fingerprint density at radius 2 is 2.12 bits per heavy atom. The number of anilines is 1. The van der Waals surface area contributed by atoms with Crippen molar-refractivity contribution < 1.29 is 4.79 Å². The fourth-order valence-corrected chi connectivity index (χ4v) is 4.96. The van der Waals surface area contributed by atoms with Gasteiger partial charge in [0.25, 0.3) is 5.56 Å². The Bertz CT molecular complexity index is 1470. The normalized spacial score (nSPS) is 14.8. The molecule has 1 atom stereocenters. The molecule has 0 spiro atoms. The van der Waals surface area contributed by atoms with Gasteiger partial charge in [0.2, 0.25) is 5.91 Å². The predicted octanol–water partition coefficient (Wildman–Crippen LogP) is 3.44. The van der Waals surface area contributed by atoms with E-state index in [-0.39, 0.29) is 23.9 Å². The molecule has 4 aromatic rings. The van der Waals surface area contributed by atoms with Crippen LogP contribution in [0.2, 0.25) is 0 Å². The maximum Gasteiger partial charge on any atom is 0.265 e. The summed E-state index contributed by atoms with van der Waals surface area (Å²) in [7, 11) is 0. The van der Waals surface area contributed by atoms with Crippen molar-refractivity contribution in [1.29, 1.82) is 5.26 Å². The van der Waals surface area contributed by atoms with Crippen LogP contribution in [0.3, 0.4) is 0 Å². The molecule has 0 bridgehead atoms. The number of aryl methyl sites for hydroxylation is 1. The molecule has 1 aliphatic heterocycles. The Labute approximate surface area is 187 Å². The molecular formula is C23H18N6O2S. The number of hydrogen-bond acceptors (Lipinski definition) is 6. The molecule has 1 unspecified atom stereocenters. The lowest BCUT2D eigenvalue weighted by Crippen LogP contribution is -2.27. The van der Waals surface area contributed by atoms with Crippen molar-refractivity contribution in [2.75, 3.05) is 11.1 Å².